The third kappa shape index (κ3) is 6.07. The van der Waals surface area contributed by atoms with Gasteiger partial charge in [-0.05, 0) is 36.6 Å². The first-order valence-corrected chi connectivity index (χ1v) is 9.88. The minimum Gasteiger partial charge on any atom is -0.375 e. The molecule has 0 bridgehead atoms. The Morgan fingerprint density at radius 1 is 1.21 bits per heavy atom. The van der Waals surface area contributed by atoms with Crippen LogP contribution < -0.4 is 15.5 Å². The van der Waals surface area contributed by atoms with Crippen molar-refractivity contribution in [3.8, 4) is 0 Å². The lowest BCUT2D eigenvalue weighted by atomic mass is 10.2. The molecule has 3 rings (SSSR count). The Hall–Kier alpha value is -2.38. The number of hydrogen-bond donors (Lipinski definition) is 2. The quantitative estimate of drug-likeness (QED) is 0.438. The molecular weight excluding hydrogens is 376 g/mol. The van der Waals surface area contributed by atoms with E-state index in [9.17, 15) is 0 Å². The molecule has 2 N–H and O–H groups in total. The van der Waals surface area contributed by atoms with Gasteiger partial charge in [-0.1, -0.05) is 23.7 Å². The van der Waals surface area contributed by atoms with E-state index in [-0.39, 0.29) is 6.10 Å². The molecule has 7 nitrogen and oxygen atoms in total. The molecule has 28 heavy (non-hydrogen) atoms. The summed E-state index contributed by atoms with van der Waals surface area (Å²) in [7, 11) is 1.76. The summed E-state index contributed by atoms with van der Waals surface area (Å²) in [5.74, 6) is 1.76. The van der Waals surface area contributed by atoms with Crippen LogP contribution in [0.2, 0.25) is 5.15 Å². The van der Waals surface area contributed by atoms with Crippen LogP contribution in [0, 0.1) is 0 Å². The average molecular weight is 403 g/mol. The van der Waals surface area contributed by atoms with Crippen LogP contribution in [0.3, 0.4) is 0 Å². The number of anilines is 1. The maximum Gasteiger partial charge on any atom is 0.191 e. The fourth-order valence-electron chi connectivity index (χ4n) is 3.02. The Balaban J connectivity index is 1.43. The van der Waals surface area contributed by atoms with Crippen molar-refractivity contribution in [3.05, 3.63) is 52.9 Å². The first kappa shape index (κ1) is 20.4. The maximum absolute atomic E-state index is 5.81. The van der Waals surface area contributed by atoms with Gasteiger partial charge in [0.2, 0.25) is 0 Å². The van der Waals surface area contributed by atoms with Gasteiger partial charge in [0, 0.05) is 45.6 Å². The van der Waals surface area contributed by atoms with Crippen LogP contribution >= 0.6 is 11.6 Å². The molecule has 3 heterocycles. The summed E-state index contributed by atoms with van der Waals surface area (Å²) >= 11 is 5.81. The van der Waals surface area contributed by atoms with Crippen LogP contribution in [0.5, 0.6) is 0 Å². The van der Waals surface area contributed by atoms with Crippen molar-refractivity contribution in [2.24, 2.45) is 4.99 Å². The van der Waals surface area contributed by atoms with Crippen molar-refractivity contribution in [1.82, 2.24) is 20.6 Å². The molecular formula is C20H27ClN6O. The number of nitrogens with zero attached hydrogens (tertiary/aromatic N) is 4. The topological polar surface area (TPSA) is 74.7 Å². The van der Waals surface area contributed by atoms with Crippen LogP contribution in [-0.4, -0.2) is 55.3 Å². The summed E-state index contributed by atoms with van der Waals surface area (Å²) in [5, 5.41) is 7.13. The average Bonchev–Trinajstić information content (AvgIpc) is 2.72. The van der Waals surface area contributed by atoms with Gasteiger partial charge in [0.05, 0.1) is 12.7 Å². The fraction of sp³-hybridized carbons (Fsp3) is 0.450. The summed E-state index contributed by atoms with van der Waals surface area (Å²) in [4.78, 5) is 15.2. The van der Waals surface area contributed by atoms with Crippen LogP contribution in [-0.2, 0) is 17.7 Å². The number of halogens is 1. The van der Waals surface area contributed by atoms with Crippen LogP contribution in [0.4, 0.5) is 5.82 Å². The summed E-state index contributed by atoms with van der Waals surface area (Å²) in [6.07, 6.45) is 4.80. The molecule has 0 radical (unpaired) electrons. The van der Waals surface area contributed by atoms with E-state index in [1.165, 1.54) is 0 Å². The van der Waals surface area contributed by atoms with Gasteiger partial charge >= 0.3 is 0 Å². The van der Waals surface area contributed by atoms with E-state index in [0.717, 1.165) is 55.6 Å². The van der Waals surface area contributed by atoms with E-state index in [2.05, 4.69) is 49.6 Å². The van der Waals surface area contributed by atoms with Gasteiger partial charge in [-0.15, -0.1) is 0 Å². The predicted molar refractivity (Wildman–Crippen MR) is 113 cm³/mol. The Bertz CT molecular complexity index is 765. The first-order valence-electron chi connectivity index (χ1n) is 9.50. The number of aliphatic imine (C=N–C) groups is 1. The SMILES string of the molecule is CN=C(NCCc1ccc(Cl)nc1)NCc1ccc(N2CCOC(C)C2)nc1. The molecule has 1 fully saturated rings. The second-order valence-electron chi connectivity index (χ2n) is 6.74. The Labute approximate surface area is 171 Å². The molecule has 0 aromatic carbocycles. The lowest BCUT2D eigenvalue weighted by Crippen LogP contribution is -2.41. The zero-order valence-electron chi connectivity index (χ0n) is 16.4. The minimum atomic E-state index is 0.245. The molecule has 0 saturated carbocycles. The molecule has 0 spiro atoms. The number of pyridine rings is 2. The lowest BCUT2D eigenvalue weighted by Gasteiger charge is -2.32. The number of guanidine groups is 1. The Kier molecular flexibility index (Phi) is 7.45. The van der Waals surface area contributed by atoms with Gasteiger partial charge in [0.1, 0.15) is 11.0 Å². The van der Waals surface area contributed by atoms with Gasteiger partial charge in [-0.2, -0.15) is 0 Å². The molecule has 150 valence electrons. The monoisotopic (exact) mass is 402 g/mol. The molecule has 1 aliphatic heterocycles. The summed E-state index contributed by atoms with van der Waals surface area (Å²) in [5.41, 5.74) is 2.24. The van der Waals surface area contributed by atoms with Gasteiger partial charge in [-0.25, -0.2) is 9.97 Å². The van der Waals surface area contributed by atoms with Gasteiger partial charge in [0.25, 0.3) is 0 Å². The summed E-state index contributed by atoms with van der Waals surface area (Å²) in [6, 6.07) is 7.95. The highest BCUT2D eigenvalue weighted by Gasteiger charge is 2.17. The third-order valence-corrected chi connectivity index (χ3v) is 4.78. The molecule has 2 aromatic heterocycles. The van der Waals surface area contributed by atoms with E-state index >= 15 is 0 Å². The molecule has 8 heteroatoms. The molecule has 1 atom stereocenters. The van der Waals surface area contributed by atoms with Crippen molar-refractivity contribution in [2.75, 3.05) is 38.2 Å². The van der Waals surface area contributed by atoms with Crippen molar-refractivity contribution in [3.63, 3.8) is 0 Å². The summed E-state index contributed by atoms with van der Waals surface area (Å²) in [6.45, 7) is 6.02. The molecule has 0 aliphatic carbocycles. The number of morpholine rings is 1. The van der Waals surface area contributed by atoms with Crippen molar-refractivity contribution < 1.29 is 4.74 Å². The standard InChI is InChI=1S/C20H27ClN6O/c1-15-14-27(9-10-28-15)19-6-4-17(12-25-19)13-26-20(22-2)23-8-7-16-3-5-18(21)24-11-16/h3-6,11-12,15H,7-10,13-14H2,1-2H3,(H2,22,23,26). The first-order chi connectivity index (χ1) is 13.6. The number of hydrogen-bond acceptors (Lipinski definition) is 5. The second kappa shape index (κ2) is 10.2. The predicted octanol–water partition coefficient (Wildman–Crippen LogP) is 2.26. The second-order valence-corrected chi connectivity index (χ2v) is 7.13. The number of rotatable bonds is 6. The van der Waals surface area contributed by atoms with E-state index < -0.39 is 0 Å². The number of aromatic nitrogens is 2. The lowest BCUT2D eigenvalue weighted by molar-refractivity contribution is 0.0529. The molecule has 1 aliphatic rings. The smallest absolute Gasteiger partial charge is 0.191 e. The fourth-order valence-corrected chi connectivity index (χ4v) is 3.13. The normalized spacial score (nSPS) is 17.5. The third-order valence-electron chi connectivity index (χ3n) is 4.55. The van der Waals surface area contributed by atoms with Gasteiger partial charge in [0.15, 0.2) is 5.96 Å². The molecule has 1 unspecified atom stereocenters. The van der Waals surface area contributed by atoms with Crippen LogP contribution in [0.15, 0.2) is 41.7 Å². The van der Waals surface area contributed by atoms with Gasteiger partial charge in [-0.3, -0.25) is 4.99 Å². The highest BCUT2D eigenvalue weighted by Crippen LogP contribution is 2.15. The van der Waals surface area contributed by atoms with Crippen molar-refractivity contribution >= 4 is 23.4 Å². The number of ether oxygens (including phenoxy) is 1. The van der Waals surface area contributed by atoms with Gasteiger partial charge < -0.3 is 20.3 Å². The largest absolute Gasteiger partial charge is 0.375 e. The highest BCUT2D eigenvalue weighted by atomic mass is 35.5. The van der Waals surface area contributed by atoms with Crippen molar-refractivity contribution in [2.45, 2.75) is 26.0 Å². The molecule has 1 saturated heterocycles. The Morgan fingerprint density at radius 3 is 2.71 bits per heavy atom. The zero-order chi connectivity index (χ0) is 19.8. The van der Waals surface area contributed by atoms with Crippen LogP contribution in [0.25, 0.3) is 0 Å². The minimum absolute atomic E-state index is 0.245. The van der Waals surface area contributed by atoms with E-state index in [1.54, 1.807) is 19.3 Å². The van der Waals surface area contributed by atoms with E-state index in [1.807, 2.05) is 12.3 Å². The summed E-state index contributed by atoms with van der Waals surface area (Å²) < 4.78 is 5.59. The van der Waals surface area contributed by atoms with E-state index in [0.29, 0.717) is 11.7 Å². The maximum atomic E-state index is 5.81. The zero-order valence-corrected chi connectivity index (χ0v) is 17.1. The van der Waals surface area contributed by atoms with E-state index in [4.69, 9.17) is 16.3 Å². The number of nitrogens with one attached hydrogen (secondary N) is 2. The van der Waals surface area contributed by atoms with Crippen LogP contribution in [0.1, 0.15) is 18.1 Å². The van der Waals surface area contributed by atoms with Crippen molar-refractivity contribution in [1.29, 1.82) is 0 Å². The Morgan fingerprint density at radius 2 is 2.04 bits per heavy atom. The molecule has 2 aromatic rings. The highest BCUT2D eigenvalue weighted by molar-refractivity contribution is 6.29. The molecule has 0 amide bonds.